The van der Waals surface area contributed by atoms with Gasteiger partial charge in [0.05, 0.1) is 15.5 Å². The maximum atomic E-state index is 11.6. The lowest BCUT2D eigenvalue weighted by Gasteiger charge is -2.09. The van der Waals surface area contributed by atoms with Gasteiger partial charge in [0.25, 0.3) is 0 Å². The molecule has 20 heavy (non-hydrogen) atoms. The summed E-state index contributed by atoms with van der Waals surface area (Å²) in [4.78, 5) is 11.4. The van der Waals surface area contributed by atoms with Gasteiger partial charge in [-0.1, -0.05) is 35.9 Å². The maximum absolute atomic E-state index is 11.6. The number of halogens is 1. The number of benzene rings is 2. The number of aromatic carboxylic acids is 1. The molecule has 0 aliphatic heterocycles. The lowest BCUT2D eigenvalue weighted by molar-refractivity contribution is 0.0698. The first kappa shape index (κ1) is 14.6. The Morgan fingerprint density at radius 2 is 1.80 bits per heavy atom. The summed E-state index contributed by atoms with van der Waals surface area (Å²) in [5.74, 6) is -1.16. The molecule has 104 valence electrons. The van der Waals surface area contributed by atoms with Gasteiger partial charge in [0.1, 0.15) is 0 Å². The SMILES string of the molecule is CS(=O)(=O)c1cccc(-c2cccc(Cl)c2C(=O)O)c1. The van der Waals surface area contributed by atoms with Crippen LogP contribution < -0.4 is 0 Å². The van der Waals surface area contributed by atoms with E-state index in [1.165, 1.54) is 18.2 Å². The van der Waals surface area contributed by atoms with Crippen LogP contribution in [0, 0.1) is 0 Å². The van der Waals surface area contributed by atoms with Crippen molar-refractivity contribution in [2.24, 2.45) is 0 Å². The zero-order valence-corrected chi connectivity index (χ0v) is 12.1. The first-order valence-corrected chi connectivity index (χ1v) is 7.90. The molecule has 0 fully saturated rings. The third-order valence-electron chi connectivity index (χ3n) is 2.80. The van der Waals surface area contributed by atoms with Gasteiger partial charge in [-0.05, 0) is 29.3 Å². The van der Waals surface area contributed by atoms with Crippen LogP contribution in [0.2, 0.25) is 5.02 Å². The lowest BCUT2D eigenvalue weighted by Crippen LogP contribution is -2.02. The minimum Gasteiger partial charge on any atom is -0.478 e. The molecular formula is C14H11ClO4S. The van der Waals surface area contributed by atoms with E-state index in [1.54, 1.807) is 24.3 Å². The topological polar surface area (TPSA) is 71.4 Å². The molecule has 4 nitrogen and oxygen atoms in total. The molecule has 0 saturated carbocycles. The Morgan fingerprint density at radius 3 is 2.40 bits per heavy atom. The van der Waals surface area contributed by atoms with E-state index >= 15 is 0 Å². The summed E-state index contributed by atoms with van der Waals surface area (Å²) in [7, 11) is -3.36. The zero-order valence-electron chi connectivity index (χ0n) is 10.5. The van der Waals surface area contributed by atoms with E-state index in [0.717, 1.165) is 6.26 Å². The quantitative estimate of drug-likeness (QED) is 0.945. The van der Waals surface area contributed by atoms with Crippen LogP contribution in [0.1, 0.15) is 10.4 Å². The van der Waals surface area contributed by atoms with Crippen LogP contribution >= 0.6 is 11.6 Å². The Bertz CT molecular complexity index is 782. The number of rotatable bonds is 3. The molecular weight excluding hydrogens is 300 g/mol. The Labute approximate surface area is 121 Å². The van der Waals surface area contributed by atoms with Gasteiger partial charge < -0.3 is 5.11 Å². The highest BCUT2D eigenvalue weighted by Gasteiger charge is 2.16. The third-order valence-corrected chi connectivity index (χ3v) is 4.23. The van der Waals surface area contributed by atoms with E-state index in [0.29, 0.717) is 11.1 Å². The fourth-order valence-electron chi connectivity index (χ4n) is 1.88. The number of hydrogen-bond donors (Lipinski definition) is 1. The fraction of sp³-hybridized carbons (Fsp3) is 0.0714. The van der Waals surface area contributed by atoms with Crippen molar-refractivity contribution in [3.63, 3.8) is 0 Å². The highest BCUT2D eigenvalue weighted by atomic mass is 35.5. The van der Waals surface area contributed by atoms with Crippen LogP contribution in [-0.2, 0) is 9.84 Å². The molecule has 1 N–H and O–H groups in total. The average molecular weight is 311 g/mol. The first-order chi connectivity index (χ1) is 9.30. The molecule has 2 aromatic carbocycles. The zero-order chi connectivity index (χ0) is 14.9. The lowest BCUT2D eigenvalue weighted by atomic mass is 10.00. The highest BCUT2D eigenvalue weighted by Crippen LogP contribution is 2.30. The van der Waals surface area contributed by atoms with Crippen molar-refractivity contribution in [3.05, 3.63) is 53.1 Å². The molecule has 0 aromatic heterocycles. The van der Waals surface area contributed by atoms with Gasteiger partial charge in [-0.15, -0.1) is 0 Å². The first-order valence-electron chi connectivity index (χ1n) is 5.63. The third kappa shape index (κ3) is 2.84. The molecule has 0 aliphatic rings. The molecule has 0 bridgehead atoms. The normalized spacial score (nSPS) is 11.3. The van der Waals surface area contributed by atoms with Crippen LogP contribution in [0.4, 0.5) is 0 Å². The molecule has 0 atom stereocenters. The molecule has 0 unspecified atom stereocenters. The summed E-state index contributed by atoms with van der Waals surface area (Å²) >= 11 is 5.90. The van der Waals surface area contributed by atoms with E-state index in [-0.39, 0.29) is 15.5 Å². The predicted molar refractivity (Wildman–Crippen MR) is 77.0 cm³/mol. The molecule has 0 saturated heterocycles. The van der Waals surface area contributed by atoms with E-state index < -0.39 is 15.8 Å². The number of hydrogen-bond acceptors (Lipinski definition) is 3. The predicted octanol–water partition coefficient (Wildman–Crippen LogP) is 3.11. The monoisotopic (exact) mass is 310 g/mol. The Hall–Kier alpha value is -1.85. The molecule has 0 aliphatic carbocycles. The van der Waals surface area contributed by atoms with Crippen molar-refractivity contribution in [2.45, 2.75) is 4.90 Å². The van der Waals surface area contributed by atoms with Crippen LogP contribution in [0.3, 0.4) is 0 Å². The number of sulfone groups is 1. The minimum absolute atomic E-state index is 0.0418. The van der Waals surface area contributed by atoms with Crippen LogP contribution in [0.5, 0.6) is 0 Å². The molecule has 2 aromatic rings. The summed E-state index contributed by atoms with van der Waals surface area (Å²) in [6.07, 6.45) is 1.10. The van der Waals surface area contributed by atoms with Crippen molar-refractivity contribution in [3.8, 4) is 11.1 Å². The second kappa shape index (κ2) is 5.26. The standard InChI is InChI=1S/C14H11ClO4S/c1-20(18,19)10-5-2-4-9(8-10)11-6-3-7-12(15)13(11)14(16)17/h2-8H,1H3,(H,16,17). The summed E-state index contributed by atoms with van der Waals surface area (Å²) in [5, 5.41) is 9.35. The Balaban J connectivity index is 2.70. The molecule has 0 radical (unpaired) electrons. The van der Waals surface area contributed by atoms with Crippen molar-refractivity contribution in [1.82, 2.24) is 0 Å². The second-order valence-corrected chi connectivity index (χ2v) is 6.69. The summed E-state index contributed by atoms with van der Waals surface area (Å²) < 4.78 is 23.1. The van der Waals surface area contributed by atoms with Gasteiger partial charge >= 0.3 is 5.97 Å². The smallest absolute Gasteiger partial charge is 0.337 e. The molecule has 2 rings (SSSR count). The van der Waals surface area contributed by atoms with Crippen molar-refractivity contribution >= 4 is 27.4 Å². The van der Waals surface area contributed by atoms with Gasteiger partial charge in [0.2, 0.25) is 0 Å². The largest absolute Gasteiger partial charge is 0.478 e. The highest BCUT2D eigenvalue weighted by molar-refractivity contribution is 7.90. The maximum Gasteiger partial charge on any atom is 0.337 e. The van der Waals surface area contributed by atoms with Crippen molar-refractivity contribution in [2.75, 3.05) is 6.26 Å². The van der Waals surface area contributed by atoms with Crippen LogP contribution in [-0.4, -0.2) is 25.7 Å². The Morgan fingerprint density at radius 1 is 1.15 bits per heavy atom. The van der Waals surface area contributed by atoms with Crippen molar-refractivity contribution < 1.29 is 18.3 Å². The van der Waals surface area contributed by atoms with E-state index in [4.69, 9.17) is 11.6 Å². The summed E-state index contributed by atoms with van der Waals surface area (Å²) in [6.45, 7) is 0. The minimum atomic E-state index is -3.36. The van der Waals surface area contributed by atoms with Gasteiger partial charge in [-0.2, -0.15) is 0 Å². The van der Waals surface area contributed by atoms with Gasteiger partial charge in [0.15, 0.2) is 9.84 Å². The second-order valence-electron chi connectivity index (χ2n) is 4.27. The molecule has 0 spiro atoms. The Kier molecular flexibility index (Phi) is 3.83. The van der Waals surface area contributed by atoms with E-state index in [2.05, 4.69) is 0 Å². The summed E-state index contributed by atoms with van der Waals surface area (Å²) in [6, 6.07) is 10.8. The molecule has 6 heteroatoms. The van der Waals surface area contributed by atoms with Gasteiger partial charge in [-0.3, -0.25) is 0 Å². The fourth-order valence-corrected chi connectivity index (χ4v) is 2.80. The molecule has 0 heterocycles. The number of carbonyl (C=O) groups is 1. The van der Waals surface area contributed by atoms with Crippen molar-refractivity contribution in [1.29, 1.82) is 0 Å². The molecule has 0 amide bonds. The van der Waals surface area contributed by atoms with Crippen LogP contribution in [0.15, 0.2) is 47.4 Å². The van der Waals surface area contributed by atoms with Gasteiger partial charge in [-0.25, -0.2) is 13.2 Å². The van der Waals surface area contributed by atoms with E-state index in [1.807, 2.05) is 0 Å². The number of carboxylic acid groups (broad SMARTS) is 1. The summed E-state index contributed by atoms with van der Waals surface area (Å²) in [5.41, 5.74) is 0.836. The van der Waals surface area contributed by atoms with Crippen LogP contribution in [0.25, 0.3) is 11.1 Å². The van der Waals surface area contributed by atoms with E-state index in [9.17, 15) is 18.3 Å². The average Bonchev–Trinajstić information content (AvgIpc) is 2.37. The van der Waals surface area contributed by atoms with Gasteiger partial charge in [0, 0.05) is 6.26 Å². The number of carboxylic acids is 1.